The van der Waals surface area contributed by atoms with Crippen molar-refractivity contribution in [2.45, 2.75) is 68.6 Å². The van der Waals surface area contributed by atoms with Gasteiger partial charge in [-0.05, 0) is 44.2 Å². The number of aromatic hydroxyl groups is 1. The number of rotatable bonds is 6. The predicted octanol–water partition coefficient (Wildman–Crippen LogP) is 3.93. The fraction of sp³-hybridized carbons (Fsp3) is 0.480. The summed E-state index contributed by atoms with van der Waals surface area (Å²) in [5, 5.41) is 22.6. The van der Waals surface area contributed by atoms with Crippen molar-refractivity contribution < 1.29 is 27.4 Å². The molecule has 9 nitrogen and oxygen atoms in total. The number of aromatic nitrogens is 5. The Labute approximate surface area is 215 Å². The number of piperidine rings is 1. The fourth-order valence-electron chi connectivity index (χ4n) is 5.45. The number of phenols is 1. The molecule has 2 saturated heterocycles. The van der Waals surface area contributed by atoms with Gasteiger partial charge >= 0.3 is 6.18 Å². The van der Waals surface area contributed by atoms with Crippen molar-refractivity contribution in [1.82, 2.24) is 30.5 Å². The minimum absolute atomic E-state index is 0.0908. The summed E-state index contributed by atoms with van der Waals surface area (Å²) in [6.45, 7) is 0. The minimum Gasteiger partial charge on any atom is -0.507 e. The molecule has 0 amide bonds. The maximum absolute atomic E-state index is 15.3. The molecule has 3 aliphatic rings. The molecule has 2 aromatic heterocycles. The van der Waals surface area contributed by atoms with Crippen LogP contribution in [-0.4, -0.2) is 67.7 Å². The van der Waals surface area contributed by atoms with Gasteiger partial charge in [-0.1, -0.05) is 6.07 Å². The Morgan fingerprint density at radius 3 is 2.50 bits per heavy atom. The summed E-state index contributed by atoms with van der Waals surface area (Å²) in [6.07, 6.45) is 1.13. The van der Waals surface area contributed by atoms with Crippen LogP contribution in [0.5, 0.6) is 11.6 Å². The molecule has 2 N–H and O–H groups in total. The number of methoxy groups -OCH3 is 1. The van der Waals surface area contributed by atoms with Crippen molar-refractivity contribution in [3.05, 3.63) is 36.3 Å². The van der Waals surface area contributed by atoms with Gasteiger partial charge in [-0.2, -0.15) is 13.2 Å². The van der Waals surface area contributed by atoms with E-state index in [-0.39, 0.29) is 29.6 Å². The Kier molecular flexibility index (Phi) is 6.04. The Bertz CT molecular complexity index is 1340. The lowest BCUT2D eigenvalue weighted by Gasteiger charge is -2.40. The summed E-state index contributed by atoms with van der Waals surface area (Å²) in [7, 11) is 1.08. The van der Waals surface area contributed by atoms with E-state index in [4.69, 9.17) is 4.74 Å². The molecular weight excluding hydrogens is 506 g/mol. The number of halogens is 4. The van der Waals surface area contributed by atoms with Crippen molar-refractivity contribution in [3.63, 3.8) is 0 Å². The highest BCUT2D eigenvalue weighted by Crippen LogP contribution is 2.40. The van der Waals surface area contributed by atoms with Crippen LogP contribution in [-0.2, 0) is 6.18 Å². The van der Waals surface area contributed by atoms with Gasteiger partial charge in [0, 0.05) is 29.3 Å². The van der Waals surface area contributed by atoms with Crippen molar-refractivity contribution in [1.29, 1.82) is 0 Å². The number of hydrogen-bond donors (Lipinski definition) is 2. The van der Waals surface area contributed by atoms with Crippen molar-refractivity contribution in [2.24, 2.45) is 0 Å². The number of benzene rings is 1. The average Bonchev–Trinajstić information content (AvgIpc) is 3.66. The van der Waals surface area contributed by atoms with Gasteiger partial charge in [-0.3, -0.25) is 0 Å². The first-order chi connectivity index (χ1) is 18.2. The quantitative estimate of drug-likeness (QED) is 0.458. The molecule has 1 saturated carbocycles. The average molecular weight is 532 g/mol. The number of anilines is 1. The van der Waals surface area contributed by atoms with E-state index in [1.54, 1.807) is 12.1 Å². The number of nitrogens with one attached hydrogen (secondary N) is 1. The van der Waals surface area contributed by atoms with Crippen molar-refractivity contribution >= 4 is 5.95 Å². The monoisotopic (exact) mass is 531 g/mol. The van der Waals surface area contributed by atoms with E-state index in [0.717, 1.165) is 39.0 Å². The summed E-state index contributed by atoms with van der Waals surface area (Å²) in [4.78, 5) is 13.8. The molecule has 0 radical (unpaired) electrons. The van der Waals surface area contributed by atoms with E-state index in [9.17, 15) is 18.3 Å². The van der Waals surface area contributed by atoms with Gasteiger partial charge in [0.1, 0.15) is 17.6 Å². The summed E-state index contributed by atoms with van der Waals surface area (Å²) in [5.74, 6) is -0.486. The molecule has 4 heterocycles. The van der Waals surface area contributed by atoms with E-state index in [2.05, 4.69) is 30.5 Å². The molecule has 6 rings (SSSR count). The van der Waals surface area contributed by atoms with Crippen LogP contribution in [0.25, 0.3) is 22.5 Å². The maximum atomic E-state index is 15.3. The zero-order valence-electron chi connectivity index (χ0n) is 20.4. The zero-order valence-corrected chi connectivity index (χ0v) is 20.4. The van der Waals surface area contributed by atoms with E-state index in [0.29, 0.717) is 35.2 Å². The third-order valence-electron chi connectivity index (χ3n) is 7.40. The SMILES string of the molecule is COc1nc(-c2ccc(-c3cnc(N(C4CC4)[C@H]4C[C@@H]5CC[C@H](N5)[C@H]4F)nn3)c(O)c2)cnc1C(F)(F)F. The number of ether oxygens (including phenoxy) is 1. The van der Waals surface area contributed by atoms with Crippen molar-refractivity contribution in [3.8, 4) is 34.1 Å². The van der Waals surface area contributed by atoms with Crippen LogP contribution in [0.15, 0.2) is 30.6 Å². The normalized spacial score (nSPS) is 24.9. The van der Waals surface area contributed by atoms with Gasteiger partial charge in [0.15, 0.2) is 0 Å². The zero-order chi connectivity index (χ0) is 26.6. The first kappa shape index (κ1) is 24.7. The van der Waals surface area contributed by atoms with Gasteiger partial charge in [0.25, 0.3) is 0 Å². The smallest absolute Gasteiger partial charge is 0.438 e. The van der Waals surface area contributed by atoms with Crippen LogP contribution in [0.1, 0.15) is 37.8 Å². The summed E-state index contributed by atoms with van der Waals surface area (Å²) in [5.41, 5.74) is -0.187. The largest absolute Gasteiger partial charge is 0.507 e. The molecule has 0 unspecified atom stereocenters. The lowest BCUT2D eigenvalue weighted by atomic mass is 9.96. The molecular formula is C25H25F4N7O2. The van der Waals surface area contributed by atoms with E-state index >= 15 is 4.39 Å². The standard InChI is InChI=1S/C25H25F4N7O2/c1-38-23-22(25(27,28)29)30-10-17(33-23)12-2-6-15(20(37)8-12)18-11-31-24(35-34-18)36(14-4-5-14)19-9-13-3-7-16(32-13)21(19)26/h2,6,8,10-11,13-14,16,19,21,32,37H,3-5,7,9H2,1H3/t13-,16-,19-,21+/m0/s1. The summed E-state index contributed by atoms with van der Waals surface area (Å²) in [6, 6.07) is 4.50. The van der Waals surface area contributed by atoms with Gasteiger partial charge in [-0.25, -0.2) is 19.3 Å². The Morgan fingerprint density at radius 1 is 1.05 bits per heavy atom. The number of fused-ring (bicyclic) bond motifs is 2. The molecule has 4 atom stereocenters. The third kappa shape index (κ3) is 4.48. The molecule has 200 valence electrons. The molecule has 38 heavy (non-hydrogen) atoms. The molecule has 1 aromatic carbocycles. The predicted molar refractivity (Wildman–Crippen MR) is 128 cm³/mol. The lowest BCUT2D eigenvalue weighted by molar-refractivity contribution is -0.142. The van der Waals surface area contributed by atoms with Crippen LogP contribution in [0.2, 0.25) is 0 Å². The van der Waals surface area contributed by atoms with Crippen LogP contribution in [0.3, 0.4) is 0 Å². The van der Waals surface area contributed by atoms with Crippen LogP contribution < -0.4 is 15.0 Å². The van der Waals surface area contributed by atoms with Gasteiger partial charge in [0.05, 0.1) is 31.2 Å². The maximum Gasteiger partial charge on any atom is 0.438 e. The Balaban J connectivity index is 1.25. The van der Waals surface area contributed by atoms with Crippen LogP contribution in [0, 0.1) is 0 Å². The van der Waals surface area contributed by atoms with Crippen LogP contribution >= 0.6 is 0 Å². The highest BCUT2D eigenvalue weighted by molar-refractivity contribution is 5.72. The van der Waals surface area contributed by atoms with Crippen LogP contribution in [0.4, 0.5) is 23.5 Å². The number of phenolic OH excluding ortho intramolecular Hbond substituents is 1. The van der Waals surface area contributed by atoms with E-state index in [1.807, 2.05) is 4.90 Å². The van der Waals surface area contributed by atoms with Gasteiger partial charge < -0.3 is 20.1 Å². The molecule has 2 bridgehead atoms. The first-order valence-corrected chi connectivity index (χ1v) is 12.4. The minimum atomic E-state index is -4.71. The second-order valence-electron chi connectivity index (χ2n) is 9.92. The molecule has 2 aliphatic heterocycles. The number of hydrogen-bond acceptors (Lipinski definition) is 9. The number of nitrogens with zero attached hydrogens (tertiary/aromatic N) is 6. The molecule has 3 fully saturated rings. The first-order valence-electron chi connectivity index (χ1n) is 12.4. The second-order valence-corrected chi connectivity index (χ2v) is 9.92. The van der Waals surface area contributed by atoms with Gasteiger partial charge in [-0.15, -0.1) is 10.2 Å². The second kappa shape index (κ2) is 9.29. The molecule has 0 spiro atoms. The highest BCUT2D eigenvalue weighted by Gasteiger charge is 2.48. The van der Waals surface area contributed by atoms with E-state index in [1.165, 1.54) is 12.3 Å². The van der Waals surface area contributed by atoms with Crippen molar-refractivity contribution in [2.75, 3.05) is 12.0 Å². The van der Waals surface area contributed by atoms with E-state index < -0.39 is 23.9 Å². The summed E-state index contributed by atoms with van der Waals surface area (Å²) >= 11 is 0. The Morgan fingerprint density at radius 2 is 1.84 bits per heavy atom. The third-order valence-corrected chi connectivity index (χ3v) is 7.40. The Hall–Kier alpha value is -3.61. The molecule has 1 aliphatic carbocycles. The molecule has 3 aromatic rings. The van der Waals surface area contributed by atoms with Gasteiger partial charge in [0.2, 0.25) is 17.5 Å². The summed E-state index contributed by atoms with van der Waals surface area (Å²) < 4.78 is 59.3. The molecule has 13 heteroatoms. The lowest BCUT2D eigenvalue weighted by Crippen LogP contribution is -2.57. The topological polar surface area (TPSA) is 109 Å². The number of alkyl halides is 4. The highest BCUT2D eigenvalue weighted by atomic mass is 19.4. The fourth-order valence-corrected chi connectivity index (χ4v) is 5.45.